The Morgan fingerprint density at radius 1 is 1.30 bits per heavy atom. The molecule has 9 nitrogen and oxygen atoms in total. The topological polar surface area (TPSA) is 123 Å². The number of phenolic OH excluding ortho intramolecular Hbond substituents is 1. The number of nitro benzene ring substituents is 1. The molecule has 2 rings (SSSR count). The molecule has 0 heterocycles. The van der Waals surface area contributed by atoms with Gasteiger partial charge in [-0.15, -0.1) is 0 Å². The zero-order valence-electron chi connectivity index (χ0n) is 16.9. The Bertz CT molecular complexity index is 985. The number of methoxy groups -OCH3 is 1. The fourth-order valence-electron chi connectivity index (χ4n) is 2.55. The molecule has 2 N–H and O–H groups in total. The highest BCUT2D eigenvalue weighted by molar-refractivity contribution is 9.10. The number of nitro groups is 1. The average Bonchev–Trinajstić information content (AvgIpc) is 2.67. The average molecular weight is 480 g/mol. The number of hydrogen-bond donors (Lipinski definition) is 2. The van der Waals surface area contributed by atoms with Crippen molar-refractivity contribution in [1.29, 1.82) is 0 Å². The second kappa shape index (κ2) is 9.57. The van der Waals surface area contributed by atoms with Crippen LogP contribution in [0.3, 0.4) is 0 Å². The maximum Gasteiger partial charge on any atom is 0.315 e. The smallest absolute Gasteiger partial charge is 0.315 e. The third-order valence-electron chi connectivity index (χ3n) is 4.01. The van der Waals surface area contributed by atoms with Crippen molar-refractivity contribution in [3.8, 4) is 17.2 Å². The number of carbonyl (C=O) groups is 1. The zero-order chi connectivity index (χ0) is 22.5. The molecule has 0 unspecified atom stereocenters. The fraction of sp³-hybridized carbons (Fsp3) is 0.300. The molecule has 0 spiro atoms. The molecule has 0 fully saturated rings. The van der Waals surface area contributed by atoms with Crippen LogP contribution in [0.4, 0.5) is 5.69 Å². The molecule has 2 aromatic carbocycles. The zero-order valence-corrected chi connectivity index (χ0v) is 18.5. The monoisotopic (exact) mass is 479 g/mol. The van der Waals surface area contributed by atoms with Gasteiger partial charge in [0.05, 0.1) is 18.2 Å². The predicted octanol–water partition coefficient (Wildman–Crippen LogP) is 3.90. The van der Waals surface area contributed by atoms with Crippen molar-refractivity contribution in [2.75, 3.05) is 13.7 Å². The molecule has 2 aromatic rings. The number of amides is 1. The SMILES string of the molecule is COc1cc(/C=N/NC(=O)COc2ccc(Br)cc2C(C)(C)C)cc([N+](=O)[O-])c1O. The van der Waals surface area contributed by atoms with E-state index in [4.69, 9.17) is 9.47 Å². The second-order valence-electron chi connectivity index (χ2n) is 7.32. The largest absolute Gasteiger partial charge is 0.500 e. The maximum atomic E-state index is 12.1. The molecule has 0 radical (unpaired) electrons. The van der Waals surface area contributed by atoms with Gasteiger partial charge in [-0.25, -0.2) is 5.43 Å². The molecule has 0 saturated carbocycles. The molecule has 0 saturated heterocycles. The van der Waals surface area contributed by atoms with Crippen molar-refractivity contribution < 1.29 is 24.3 Å². The van der Waals surface area contributed by atoms with Crippen LogP contribution in [0.25, 0.3) is 0 Å². The minimum Gasteiger partial charge on any atom is -0.500 e. The summed E-state index contributed by atoms with van der Waals surface area (Å²) in [4.78, 5) is 22.3. The third-order valence-corrected chi connectivity index (χ3v) is 4.50. The first-order valence-electron chi connectivity index (χ1n) is 8.83. The predicted molar refractivity (Wildman–Crippen MR) is 115 cm³/mol. The van der Waals surface area contributed by atoms with Gasteiger partial charge in [0, 0.05) is 21.7 Å². The van der Waals surface area contributed by atoms with Gasteiger partial charge in [0.25, 0.3) is 5.91 Å². The van der Waals surface area contributed by atoms with E-state index in [0.29, 0.717) is 5.75 Å². The van der Waals surface area contributed by atoms with Crippen LogP contribution < -0.4 is 14.9 Å². The quantitative estimate of drug-likeness (QED) is 0.352. The van der Waals surface area contributed by atoms with E-state index in [1.54, 1.807) is 6.07 Å². The van der Waals surface area contributed by atoms with Gasteiger partial charge in [0.15, 0.2) is 12.4 Å². The van der Waals surface area contributed by atoms with Gasteiger partial charge >= 0.3 is 5.69 Å². The minimum absolute atomic E-state index is 0.0785. The number of hydrogen-bond acceptors (Lipinski definition) is 7. The lowest BCUT2D eigenvalue weighted by Crippen LogP contribution is -2.25. The normalized spacial score (nSPS) is 11.4. The second-order valence-corrected chi connectivity index (χ2v) is 8.24. The van der Waals surface area contributed by atoms with Crippen LogP contribution in [0.2, 0.25) is 0 Å². The molecule has 0 atom stereocenters. The molecule has 1 amide bonds. The van der Waals surface area contributed by atoms with Gasteiger partial charge in [-0.2, -0.15) is 5.10 Å². The summed E-state index contributed by atoms with van der Waals surface area (Å²) in [6.07, 6.45) is 1.20. The van der Waals surface area contributed by atoms with Crippen molar-refractivity contribution in [2.45, 2.75) is 26.2 Å². The van der Waals surface area contributed by atoms with Gasteiger partial charge in [-0.05, 0) is 29.7 Å². The highest BCUT2D eigenvalue weighted by atomic mass is 79.9. The molecule has 0 bridgehead atoms. The van der Waals surface area contributed by atoms with Crippen molar-refractivity contribution >= 4 is 33.7 Å². The van der Waals surface area contributed by atoms with Crippen LogP contribution in [-0.2, 0) is 10.2 Å². The maximum absolute atomic E-state index is 12.1. The minimum atomic E-state index is -0.743. The third kappa shape index (κ3) is 5.93. The van der Waals surface area contributed by atoms with E-state index in [9.17, 15) is 20.0 Å². The number of ether oxygens (including phenoxy) is 2. The van der Waals surface area contributed by atoms with Crippen molar-refractivity contribution in [2.24, 2.45) is 5.10 Å². The van der Waals surface area contributed by atoms with Crippen LogP contribution in [0.1, 0.15) is 31.9 Å². The van der Waals surface area contributed by atoms with Crippen molar-refractivity contribution in [3.63, 3.8) is 0 Å². The van der Waals surface area contributed by atoms with Crippen LogP contribution >= 0.6 is 15.9 Å². The summed E-state index contributed by atoms with van der Waals surface area (Å²) in [6, 6.07) is 8.01. The number of hydrazone groups is 1. The molecule has 10 heteroatoms. The Morgan fingerprint density at radius 2 is 2.00 bits per heavy atom. The van der Waals surface area contributed by atoms with Crippen LogP contribution in [0.15, 0.2) is 39.9 Å². The summed E-state index contributed by atoms with van der Waals surface area (Å²) in [5.41, 5.74) is 2.79. The van der Waals surface area contributed by atoms with Gasteiger partial charge in [-0.3, -0.25) is 14.9 Å². The number of rotatable bonds is 7. The van der Waals surface area contributed by atoms with Gasteiger partial charge in [0.1, 0.15) is 5.75 Å². The first-order chi connectivity index (χ1) is 14.0. The molecule has 160 valence electrons. The number of phenols is 1. The standard InChI is InChI=1S/C20H22BrN3O6/c1-20(2,3)14-9-13(21)5-6-16(14)30-11-18(25)23-22-10-12-7-15(24(27)28)19(26)17(8-12)29-4/h5-10,26H,11H2,1-4H3,(H,23,25)/b22-10+. The van der Waals surface area contributed by atoms with E-state index in [0.717, 1.165) is 16.1 Å². The highest BCUT2D eigenvalue weighted by Crippen LogP contribution is 2.36. The van der Waals surface area contributed by atoms with Crippen LogP contribution in [-0.4, -0.2) is 35.9 Å². The van der Waals surface area contributed by atoms with E-state index < -0.39 is 22.3 Å². The molecule has 0 aliphatic rings. The first-order valence-corrected chi connectivity index (χ1v) is 9.62. The number of aromatic hydroxyl groups is 1. The Kier molecular flexibility index (Phi) is 7.38. The number of benzene rings is 2. The van der Waals surface area contributed by atoms with Gasteiger partial charge in [0.2, 0.25) is 5.75 Å². The molecular formula is C20H22BrN3O6. The van der Waals surface area contributed by atoms with Crippen molar-refractivity contribution in [3.05, 3.63) is 56.0 Å². The van der Waals surface area contributed by atoms with Gasteiger partial charge in [-0.1, -0.05) is 36.7 Å². The van der Waals surface area contributed by atoms with E-state index in [1.165, 1.54) is 19.4 Å². The summed E-state index contributed by atoms with van der Waals surface area (Å²) in [6.45, 7) is 5.85. The van der Waals surface area contributed by atoms with E-state index in [1.807, 2.05) is 32.9 Å². The van der Waals surface area contributed by atoms with E-state index in [-0.39, 0.29) is 23.3 Å². The lowest BCUT2D eigenvalue weighted by molar-refractivity contribution is -0.386. The number of nitrogens with one attached hydrogen (secondary N) is 1. The van der Waals surface area contributed by atoms with Gasteiger partial charge < -0.3 is 14.6 Å². The Morgan fingerprint density at radius 3 is 2.60 bits per heavy atom. The van der Waals surface area contributed by atoms with Crippen LogP contribution in [0.5, 0.6) is 17.2 Å². The lowest BCUT2D eigenvalue weighted by atomic mass is 9.86. The molecule has 0 aliphatic heterocycles. The Hall–Kier alpha value is -3.14. The molecular weight excluding hydrogens is 458 g/mol. The first kappa shape index (κ1) is 23.1. The molecule has 0 aromatic heterocycles. The summed E-state index contributed by atoms with van der Waals surface area (Å²) < 4.78 is 11.5. The number of carbonyl (C=O) groups excluding carboxylic acids is 1. The number of halogens is 1. The van der Waals surface area contributed by atoms with E-state index >= 15 is 0 Å². The summed E-state index contributed by atoms with van der Waals surface area (Å²) in [5.74, 6) is -0.579. The summed E-state index contributed by atoms with van der Waals surface area (Å²) >= 11 is 3.43. The van der Waals surface area contributed by atoms with E-state index in [2.05, 4.69) is 26.5 Å². The fourth-order valence-corrected chi connectivity index (χ4v) is 2.91. The summed E-state index contributed by atoms with van der Waals surface area (Å²) in [7, 11) is 1.27. The van der Waals surface area contributed by atoms with Crippen molar-refractivity contribution in [1.82, 2.24) is 5.43 Å². The molecule has 0 aliphatic carbocycles. The lowest BCUT2D eigenvalue weighted by Gasteiger charge is -2.23. The Labute approximate surface area is 182 Å². The summed E-state index contributed by atoms with van der Waals surface area (Å²) in [5, 5.41) is 24.6. The molecule has 30 heavy (non-hydrogen) atoms. The Balaban J connectivity index is 2.05. The number of nitrogens with zero attached hydrogens (tertiary/aromatic N) is 2. The highest BCUT2D eigenvalue weighted by Gasteiger charge is 2.21. The van der Waals surface area contributed by atoms with Crippen LogP contribution in [0, 0.1) is 10.1 Å².